The van der Waals surface area contributed by atoms with E-state index in [4.69, 9.17) is 0 Å². The third kappa shape index (κ3) is 5.25. The maximum atomic E-state index is 13.2. The number of benzene rings is 2. The van der Waals surface area contributed by atoms with Gasteiger partial charge in [0.15, 0.2) is 9.84 Å². The van der Waals surface area contributed by atoms with E-state index in [-0.39, 0.29) is 29.1 Å². The van der Waals surface area contributed by atoms with Crippen molar-refractivity contribution in [1.82, 2.24) is 19.8 Å². The van der Waals surface area contributed by atoms with Gasteiger partial charge >= 0.3 is 0 Å². The molecule has 2 aliphatic rings. The number of piperidine rings is 1. The van der Waals surface area contributed by atoms with Gasteiger partial charge in [-0.25, -0.2) is 18.4 Å². The van der Waals surface area contributed by atoms with E-state index < -0.39 is 15.9 Å². The Hall–Kier alpha value is -3.34. The molecule has 36 heavy (non-hydrogen) atoms. The highest BCUT2D eigenvalue weighted by molar-refractivity contribution is 7.90. The van der Waals surface area contributed by atoms with E-state index in [1.807, 2.05) is 6.07 Å². The molecule has 2 N–H and O–H groups in total. The zero-order chi connectivity index (χ0) is 25.3. The quantitative estimate of drug-likeness (QED) is 0.540. The molecule has 1 amide bonds. The van der Waals surface area contributed by atoms with E-state index in [0.717, 1.165) is 25.8 Å². The second-order valence-electron chi connectivity index (χ2n) is 9.38. The van der Waals surface area contributed by atoms with Gasteiger partial charge < -0.3 is 15.3 Å². The number of fused-ring (bicyclic) bond motifs is 1. The largest absolute Gasteiger partial charge is 0.390 e. The molecule has 3 aromatic rings. The van der Waals surface area contributed by atoms with Gasteiger partial charge in [-0.2, -0.15) is 0 Å². The van der Waals surface area contributed by atoms with Crippen molar-refractivity contribution < 1.29 is 18.3 Å². The molecule has 9 nitrogen and oxygen atoms in total. The van der Waals surface area contributed by atoms with E-state index in [9.17, 15) is 18.3 Å². The molecule has 0 saturated carbocycles. The van der Waals surface area contributed by atoms with Crippen molar-refractivity contribution in [2.45, 2.75) is 36.4 Å². The lowest BCUT2D eigenvalue weighted by Gasteiger charge is -2.43. The van der Waals surface area contributed by atoms with Crippen LogP contribution in [0.2, 0.25) is 0 Å². The van der Waals surface area contributed by atoms with Crippen molar-refractivity contribution in [3.8, 4) is 0 Å². The summed E-state index contributed by atoms with van der Waals surface area (Å²) in [5.74, 6) is 0.105. The summed E-state index contributed by atoms with van der Waals surface area (Å²) < 4.78 is 23.7. The molecule has 0 aliphatic carbocycles. The van der Waals surface area contributed by atoms with Crippen LogP contribution in [0.25, 0.3) is 0 Å². The Kier molecular flexibility index (Phi) is 6.74. The second kappa shape index (κ2) is 9.96. The molecule has 1 saturated heterocycles. The lowest BCUT2D eigenvalue weighted by molar-refractivity contribution is -0.0139. The third-order valence-electron chi connectivity index (χ3n) is 6.88. The Bertz CT molecular complexity index is 1380. The van der Waals surface area contributed by atoms with Crippen molar-refractivity contribution in [3.63, 3.8) is 0 Å². The molecule has 188 valence electrons. The first-order valence-electron chi connectivity index (χ1n) is 12.0. The Balaban J connectivity index is 1.24. The SMILES string of the molecule is CS(=O)(=O)c1cccc(Nc2cc(C(=O)N3CC[C@H](N4CCc5ccccc5C4)[C@@H](O)C3)ncn2)c1. The van der Waals surface area contributed by atoms with Gasteiger partial charge in [0.1, 0.15) is 17.8 Å². The van der Waals surface area contributed by atoms with Crippen molar-refractivity contribution in [2.75, 3.05) is 31.2 Å². The molecule has 10 heteroatoms. The van der Waals surface area contributed by atoms with Crippen LogP contribution in [0.4, 0.5) is 11.5 Å². The van der Waals surface area contributed by atoms with Crippen LogP contribution >= 0.6 is 0 Å². The number of carbonyl (C=O) groups excluding carboxylic acids is 1. The van der Waals surface area contributed by atoms with Gasteiger partial charge in [0.25, 0.3) is 5.91 Å². The molecular weight excluding hydrogens is 478 g/mol. The fourth-order valence-electron chi connectivity index (χ4n) is 4.99. The molecule has 2 atom stereocenters. The summed E-state index contributed by atoms with van der Waals surface area (Å²) in [7, 11) is -3.35. The van der Waals surface area contributed by atoms with Gasteiger partial charge in [0.05, 0.1) is 11.0 Å². The number of anilines is 2. The van der Waals surface area contributed by atoms with E-state index in [0.29, 0.717) is 24.5 Å². The Labute approximate surface area is 210 Å². The molecule has 0 unspecified atom stereocenters. The number of amides is 1. The van der Waals surface area contributed by atoms with Gasteiger partial charge in [-0.1, -0.05) is 30.3 Å². The fourth-order valence-corrected chi connectivity index (χ4v) is 5.65. The smallest absolute Gasteiger partial charge is 0.272 e. The maximum Gasteiger partial charge on any atom is 0.272 e. The van der Waals surface area contributed by atoms with Gasteiger partial charge in [0, 0.05) is 50.2 Å². The first-order chi connectivity index (χ1) is 17.3. The first-order valence-corrected chi connectivity index (χ1v) is 13.8. The van der Waals surface area contributed by atoms with Crippen molar-refractivity contribution in [3.05, 3.63) is 77.7 Å². The molecule has 3 heterocycles. The molecule has 2 aromatic carbocycles. The van der Waals surface area contributed by atoms with Gasteiger partial charge in [-0.05, 0) is 42.2 Å². The van der Waals surface area contributed by atoms with Crippen LogP contribution in [0.3, 0.4) is 0 Å². The predicted octanol–water partition coefficient (Wildman–Crippen LogP) is 2.26. The average Bonchev–Trinajstić information content (AvgIpc) is 2.88. The molecule has 0 spiro atoms. The average molecular weight is 508 g/mol. The van der Waals surface area contributed by atoms with Crippen LogP contribution in [0.1, 0.15) is 28.0 Å². The number of carbonyl (C=O) groups is 1. The predicted molar refractivity (Wildman–Crippen MR) is 136 cm³/mol. The van der Waals surface area contributed by atoms with Crippen molar-refractivity contribution in [1.29, 1.82) is 0 Å². The van der Waals surface area contributed by atoms with E-state index in [1.165, 1.54) is 35.7 Å². The molecule has 5 rings (SSSR count). The number of β-amino-alcohol motifs (C(OH)–C–C–N with tert-alkyl or cyclic N) is 1. The summed E-state index contributed by atoms with van der Waals surface area (Å²) in [4.78, 5) is 25.6. The normalized spacial score (nSPS) is 20.6. The number of aliphatic hydroxyl groups is 1. The number of hydrogen-bond donors (Lipinski definition) is 2. The van der Waals surface area contributed by atoms with Gasteiger partial charge in [-0.3, -0.25) is 9.69 Å². The van der Waals surface area contributed by atoms with Gasteiger partial charge in [0.2, 0.25) is 0 Å². The number of hydrogen-bond acceptors (Lipinski definition) is 8. The Morgan fingerprint density at radius 1 is 1.06 bits per heavy atom. The second-order valence-corrected chi connectivity index (χ2v) is 11.4. The molecule has 0 bridgehead atoms. The monoisotopic (exact) mass is 507 g/mol. The molecule has 1 aromatic heterocycles. The summed E-state index contributed by atoms with van der Waals surface area (Å²) in [6.07, 6.45) is 3.45. The third-order valence-corrected chi connectivity index (χ3v) is 7.99. The number of aromatic nitrogens is 2. The van der Waals surface area contributed by atoms with Crippen LogP contribution in [-0.4, -0.2) is 77.2 Å². The molecule has 0 radical (unpaired) electrons. The van der Waals surface area contributed by atoms with Crippen LogP contribution in [-0.2, 0) is 22.8 Å². The van der Waals surface area contributed by atoms with E-state index in [2.05, 4.69) is 38.4 Å². The van der Waals surface area contributed by atoms with Crippen LogP contribution in [0, 0.1) is 0 Å². The summed E-state index contributed by atoms with van der Waals surface area (Å²) in [5.41, 5.74) is 3.42. The number of aliphatic hydroxyl groups excluding tert-OH is 1. The fraction of sp³-hybridized carbons (Fsp3) is 0.346. The highest BCUT2D eigenvalue weighted by Crippen LogP contribution is 2.26. The summed E-state index contributed by atoms with van der Waals surface area (Å²) in [5, 5.41) is 14.0. The van der Waals surface area contributed by atoms with Crippen LogP contribution in [0.15, 0.2) is 65.8 Å². The minimum absolute atomic E-state index is 0.00662. The van der Waals surface area contributed by atoms with Crippen molar-refractivity contribution in [2.24, 2.45) is 0 Å². The number of sulfone groups is 1. The lowest BCUT2D eigenvalue weighted by Crippen LogP contribution is -2.56. The first kappa shape index (κ1) is 24.4. The Morgan fingerprint density at radius 3 is 2.64 bits per heavy atom. The zero-order valence-corrected chi connectivity index (χ0v) is 20.9. The van der Waals surface area contributed by atoms with Crippen LogP contribution in [0.5, 0.6) is 0 Å². The number of nitrogens with one attached hydrogen (secondary N) is 1. The number of likely N-dealkylation sites (tertiary alicyclic amines) is 1. The zero-order valence-electron chi connectivity index (χ0n) is 20.0. The molecule has 1 fully saturated rings. The topological polar surface area (TPSA) is 116 Å². The van der Waals surface area contributed by atoms with Gasteiger partial charge in [-0.15, -0.1) is 0 Å². The molecule has 2 aliphatic heterocycles. The number of rotatable bonds is 5. The maximum absolute atomic E-state index is 13.2. The standard InChI is InChI=1S/C26H29N5O4S/c1-36(34,35)21-8-4-7-20(13-21)29-25-14-22(27-17-28-25)26(33)31-12-10-23(24(32)16-31)30-11-9-18-5-2-3-6-19(18)15-30/h2-8,13-14,17,23-24,32H,9-12,15-16H2,1H3,(H,27,28,29)/t23-,24-/m0/s1. The molecular formula is C26H29N5O4S. The highest BCUT2D eigenvalue weighted by atomic mass is 32.2. The van der Waals surface area contributed by atoms with E-state index >= 15 is 0 Å². The minimum Gasteiger partial charge on any atom is -0.390 e. The lowest BCUT2D eigenvalue weighted by atomic mass is 9.94. The number of nitrogens with zero attached hydrogens (tertiary/aromatic N) is 4. The summed E-state index contributed by atoms with van der Waals surface area (Å²) in [6, 6.07) is 16.4. The summed E-state index contributed by atoms with van der Waals surface area (Å²) in [6.45, 7) is 2.48. The Morgan fingerprint density at radius 2 is 1.86 bits per heavy atom. The van der Waals surface area contributed by atoms with Crippen molar-refractivity contribution >= 4 is 27.2 Å². The minimum atomic E-state index is -3.35. The highest BCUT2D eigenvalue weighted by Gasteiger charge is 2.35. The summed E-state index contributed by atoms with van der Waals surface area (Å²) >= 11 is 0. The van der Waals surface area contributed by atoms with Crippen LogP contribution < -0.4 is 5.32 Å². The van der Waals surface area contributed by atoms with E-state index in [1.54, 1.807) is 17.0 Å².